The van der Waals surface area contributed by atoms with E-state index < -0.39 is 17.5 Å². The maximum atomic E-state index is 13.0. The van der Waals surface area contributed by atoms with Crippen LogP contribution in [0.25, 0.3) is 0 Å². The van der Waals surface area contributed by atoms with Gasteiger partial charge in [0.2, 0.25) is 5.91 Å². The number of imide groups is 1. The van der Waals surface area contributed by atoms with E-state index in [2.05, 4.69) is 34.6 Å². The standard InChI is InChI=1S/C23H26N4O3/c1-17-16-26(14-15-27(17)19-10-6-3-7-11-19)20(28)12-13-23(18-8-4-2-5-9-18)21(29)24-22(30)25-23/h2-11,17H,12-16H2,1H3,(H2,24,25,29,30)/t17-,23?/m1/s1. The maximum absolute atomic E-state index is 13.0. The Bertz CT molecular complexity index is 934. The van der Waals surface area contributed by atoms with Crippen molar-refractivity contribution in [2.45, 2.75) is 31.3 Å². The van der Waals surface area contributed by atoms with Crippen LogP contribution < -0.4 is 15.5 Å². The summed E-state index contributed by atoms with van der Waals surface area (Å²) in [4.78, 5) is 41.6. The molecule has 0 aliphatic carbocycles. The van der Waals surface area contributed by atoms with E-state index >= 15 is 0 Å². The molecule has 0 spiro atoms. The third-order valence-corrected chi connectivity index (χ3v) is 5.99. The van der Waals surface area contributed by atoms with Gasteiger partial charge in [0.05, 0.1) is 0 Å². The zero-order valence-corrected chi connectivity index (χ0v) is 17.0. The van der Waals surface area contributed by atoms with E-state index in [9.17, 15) is 14.4 Å². The number of anilines is 1. The number of piperazine rings is 1. The van der Waals surface area contributed by atoms with E-state index in [0.29, 0.717) is 18.7 Å². The largest absolute Gasteiger partial charge is 0.365 e. The lowest BCUT2D eigenvalue weighted by Crippen LogP contribution is -2.54. The van der Waals surface area contributed by atoms with Crippen molar-refractivity contribution in [2.75, 3.05) is 24.5 Å². The van der Waals surface area contributed by atoms with Crippen molar-refractivity contribution >= 4 is 23.5 Å². The molecule has 1 unspecified atom stereocenters. The Morgan fingerprint density at radius 1 is 1.03 bits per heavy atom. The zero-order valence-electron chi connectivity index (χ0n) is 17.0. The van der Waals surface area contributed by atoms with Crippen LogP contribution >= 0.6 is 0 Å². The summed E-state index contributed by atoms with van der Waals surface area (Å²) in [6.07, 6.45) is 0.404. The lowest BCUT2D eigenvalue weighted by Gasteiger charge is -2.41. The molecular weight excluding hydrogens is 380 g/mol. The van der Waals surface area contributed by atoms with Gasteiger partial charge >= 0.3 is 6.03 Å². The summed E-state index contributed by atoms with van der Waals surface area (Å²) in [7, 11) is 0. The fraction of sp³-hybridized carbons (Fsp3) is 0.348. The van der Waals surface area contributed by atoms with Crippen molar-refractivity contribution in [3.8, 4) is 0 Å². The lowest BCUT2D eigenvalue weighted by atomic mass is 9.85. The van der Waals surface area contributed by atoms with E-state index in [1.54, 1.807) is 12.1 Å². The summed E-state index contributed by atoms with van der Waals surface area (Å²) in [5, 5.41) is 5.07. The highest BCUT2D eigenvalue weighted by Gasteiger charge is 2.47. The minimum atomic E-state index is -1.20. The molecule has 2 saturated heterocycles. The van der Waals surface area contributed by atoms with Crippen molar-refractivity contribution < 1.29 is 14.4 Å². The minimum absolute atomic E-state index is 0.00110. The predicted molar refractivity (Wildman–Crippen MR) is 114 cm³/mol. The Morgan fingerprint density at radius 2 is 1.70 bits per heavy atom. The first kappa shape index (κ1) is 19.9. The Balaban J connectivity index is 1.42. The van der Waals surface area contributed by atoms with Crippen LogP contribution in [0.1, 0.15) is 25.3 Å². The smallest absolute Gasteiger partial charge is 0.322 e. The van der Waals surface area contributed by atoms with Crippen molar-refractivity contribution in [3.63, 3.8) is 0 Å². The van der Waals surface area contributed by atoms with Crippen LogP contribution in [-0.4, -0.2) is 48.4 Å². The van der Waals surface area contributed by atoms with Crippen LogP contribution in [0.4, 0.5) is 10.5 Å². The van der Waals surface area contributed by atoms with E-state index in [1.165, 1.54) is 0 Å². The number of carbonyl (C=O) groups is 3. The molecule has 2 aromatic rings. The Hall–Kier alpha value is -3.35. The van der Waals surface area contributed by atoms with Gasteiger partial charge in [-0.1, -0.05) is 48.5 Å². The molecule has 4 amide bonds. The summed E-state index contributed by atoms with van der Waals surface area (Å²) >= 11 is 0. The number of nitrogens with zero attached hydrogens (tertiary/aromatic N) is 2. The second-order valence-electron chi connectivity index (χ2n) is 7.90. The molecule has 2 fully saturated rings. The maximum Gasteiger partial charge on any atom is 0.322 e. The molecule has 156 valence electrons. The van der Waals surface area contributed by atoms with Gasteiger partial charge in [0, 0.05) is 37.8 Å². The zero-order chi connectivity index (χ0) is 21.1. The van der Waals surface area contributed by atoms with Crippen molar-refractivity contribution in [3.05, 3.63) is 66.2 Å². The first-order chi connectivity index (χ1) is 14.5. The third kappa shape index (κ3) is 3.75. The van der Waals surface area contributed by atoms with Gasteiger partial charge in [0.15, 0.2) is 0 Å². The molecule has 0 saturated carbocycles. The monoisotopic (exact) mass is 406 g/mol. The SMILES string of the molecule is C[C@@H]1CN(C(=O)CCC2(c3ccccc3)NC(=O)NC2=O)CCN1c1ccccc1. The van der Waals surface area contributed by atoms with Gasteiger partial charge < -0.3 is 15.1 Å². The van der Waals surface area contributed by atoms with Gasteiger partial charge in [-0.15, -0.1) is 0 Å². The molecule has 2 heterocycles. The molecule has 2 aliphatic heterocycles. The second kappa shape index (κ2) is 8.18. The van der Waals surface area contributed by atoms with Gasteiger partial charge in [-0.2, -0.15) is 0 Å². The predicted octanol–water partition coefficient (Wildman–Crippen LogP) is 2.24. The van der Waals surface area contributed by atoms with Crippen LogP contribution in [0, 0.1) is 0 Å². The van der Waals surface area contributed by atoms with Gasteiger partial charge in [0.1, 0.15) is 5.54 Å². The van der Waals surface area contributed by atoms with E-state index in [4.69, 9.17) is 0 Å². The number of hydrogen-bond acceptors (Lipinski definition) is 4. The molecule has 0 radical (unpaired) electrons. The molecule has 4 rings (SSSR count). The molecule has 2 aliphatic rings. The van der Waals surface area contributed by atoms with E-state index in [0.717, 1.165) is 12.2 Å². The first-order valence-corrected chi connectivity index (χ1v) is 10.3. The van der Waals surface area contributed by atoms with Crippen LogP contribution in [0.5, 0.6) is 0 Å². The highest BCUT2D eigenvalue weighted by Crippen LogP contribution is 2.30. The minimum Gasteiger partial charge on any atom is -0.365 e. The molecule has 7 heteroatoms. The molecule has 2 atom stereocenters. The highest BCUT2D eigenvalue weighted by molar-refractivity contribution is 6.07. The molecule has 0 aromatic heterocycles. The number of para-hydroxylation sites is 1. The summed E-state index contributed by atoms with van der Waals surface area (Å²) in [5.74, 6) is -0.410. The number of carbonyl (C=O) groups excluding carboxylic acids is 3. The highest BCUT2D eigenvalue weighted by atomic mass is 16.2. The summed E-state index contributed by atoms with van der Waals surface area (Å²) < 4.78 is 0. The first-order valence-electron chi connectivity index (χ1n) is 10.3. The molecule has 2 N–H and O–H groups in total. The normalized spacial score (nSPS) is 23.8. The van der Waals surface area contributed by atoms with Crippen molar-refractivity contribution in [2.24, 2.45) is 0 Å². The Labute approximate surface area is 176 Å². The average Bonchev–Trinajstić information content (AvgIpc) is 3.07. The Morgan fingerprint density at radius 3 is 2.30 bits per heavy atom. The molecule has 2 aromatic carbocycles. The van der Waals surface area contributed by atoms with Crippen LogP contribution in [0.2, 0.25) is 0 Å². The fourth-order valence-corrected chi connectivity index (χ4v) is 4.38. The van der Waals surface area contributed by atoms with Gasteiger partial charge in [-0.25, -0.2) is 4.79 Å². The molecule has 0 bridgehead atoms. The molecular formula is C23H26N4O3. The van der Waals surface area contributed by atoms with Gasteiger partial charge in [-0.05, 0) is 31.0 Å². The quantitative estimate of drug-likeness (QED) is 0.746. The van der Waals surface area contributed by atoms with E-state index in [1.807, 2.05) is 41.3 Å². The van der Waals surface area contributed by atoms with Crippen LogP contribution in [0.15, 0.2) is 60.7 Å². The van der Waals surface area contributed by atoms with Gasteiger partial charge in [-0.3, -0.25) is 14.9 Å². The summed E-state index contributed by atoms with van der Waals surface area (Å²) in [6.45, 7) is 4.14. The topological polar surface area (TPSA) is 81.8 Å². The lowest BCUT2D eigenvalue weighted by molar-refractivity contribution is -0.133. The number of benzene rings is 2. The number of urea groups is 1. The molecule has 7 nitrogen and oxygen atoms in total. The van der Waals surface area contributed by atoms with Crippen LogP contribution in [-0.2, 0) is 15.1 Å². The fourth-order valence-electron chi connectivity index (χ4n) is 4.38. The van der Waals surface area contributed by atoms with Gasteiger partial charge in [0.25, 0.3) is 5.91 Å². The third-order valence-electron chi connectivity index (χ3n) is 5.99. The van der Waals surface area contributed by atoms with Crippen LogP contribution in [0.3, 0.4) is 0 Å². The average molecular weight is 406 g/mol. The van der Waals surface area contributed by atoms with Crippen molar-refractivity contribution in [1.29, 1.82) is 0 Å². The van der Waals surface area contributed by atoms with Crippen molar-refractivity contribution in [1.82, 2.24) is 15.5 Å². The number of hydrogen-bond donors (Lipinski definition) is 2. The summed E-state index contributed by atoms with van der Waals surface area (Å²) in [5.41, 5.74) is 0.639. The number of amides is 4. The number of rotatable bonds is 5. The summed E-state index contributed by atoms with van der Waals surface area (Å²) in [6, 6.07) is 19.0. The van der Waals surface area contributed by atoms with E-state index in [-0.39, 0.29) is 24.8 Å². The Kier molecular flexibility index (Phi) is 5.44. The molecule has 30 heavy (non-hydrogen) atoms. The number of nitrogens with one attached hydrogen (secondary N) is 2. The second-order valence-corrected chi connectivity index (χ2v) is 7.90.